The predicted molar refractivity (Wildman–Crippen MR) is 56.4 cm³/mol. The lowest BCUT2D eigenvalue weighted by atomic mass is 10.2. The third-order valence-electron chi connectivity index (χ3n) is 2.19. The fourth-order valence-corrected chi connectivity index (χ4v) is 1.26. The fraction of sp³-hybridized carbons (Fsp3) is 0.500. The molecular formula is C10H14N2O5. The molecule has 1 aromatic heterocycles. The van der Waals surface area contributed by atoms with E-state index in [0.29, 0.717) is 12.2 Å². The van der Waals surface area contributed by atoms with Crippen molar-refractivity contribution < 1.29 is 24.0 Å². The van der Waals surface area contributed by atoms with Gasteiger partial charge in [-0.2, -0.15) is 0 Å². The van der Waals surface area contributed by atoms with Crippen LogP contribution in [0.15, 0.2) is 10.6 Å². The number of hydrogen-bond acceptors (Lipinski definition) is 6. The number of nitrogens with one attached hydrogen (secondary N) is 1. The van der Waals surface area contributed by atoms with E-state index in [1.54, 1.807) is 0 Å². The van der Waals surface area contributed by atoms with E-state index >= 15 is 0 Å². The third-order valence-corrected chi connectivity index (χ3v) is 2.19. The van der Waals surface area contributed by atoms with E-state index in [2.05, 4.69) is 15.2 Å². The van der Waals surface area contributed by atoms with Crippen LogP contribution in [-0.2, 0) is 16.1 Å². The first kappa shape index (κ1) is 13.2. The van der Waals surface area contributed by atoms with Gasteiger partial charge in [0.15, 0.2) is 11.5 Å². The summed E-state index contributed by atoms with van der Waals surface area (Å²) in [6.45, 7) is 2.05. The number of esters is 1. The first-order chi connectivity index (χ1) is 8.08. The van der Waals surface area contributed by atoms with Crippen LogP contribution in [-0.4, -0.2) is 35.4 Å². The highest BCUT2D eigenvalue weighted by molar-refractivity contribution is 5.85. The van der Waals surface area contributed by atoms with Gasteiger partial charge < -0.3 is 14.4 Å². The van der Waals surface area contributed by atoms with E-state index in [9.17, 15) is 9.59 Å². The number of hydrogen-bond donors (Lipinski definition) is 2. The van der Waals surface area contributed by atoms with Crippen molar-refractivity contribution in [1.82, 2.24) is 10.5 Å². The van der Waals surface area contributed by atoms with Crippen molar-refractivity contribution in [3.63, 3.8) is 0 Å². The standard InChI is InChI=1S/C10H14N2O5/c1-3-7(10(15)16-2)11-5-6-4-8(9(13)14)12-17-6/h4,7,11H,3,5H2,1-2H3,(H,13,14). The number of ether oxygens (including phenoxy) is 1. The Labute approximate surface area is 97.7 Å². The van der Waals surface area contributed by atoms with Crippen molar-refractivity contribution in [2.24, 2.45) is 0 Å². The molecule has 0 spiro atoms. The molecule has 0 saturated heterocycles. The maximum Gasteiger partial charge on any atom is 0.358 e. The normalized spacial score (nSPS) is 12.1. The lowest BCUT2D eigenvalue weighted by Crippen LogP contribution is -2.36. The fourth-order valence-electron chi connectivity index (χ4n) is 1.26. The van der Waals surface area contributed by atoms with Gasteiger partial charge in [0, 0.05) is 6.07 Å². The molecule has 1 heterocycles. The molecule has 94 valence electrons. The Morgan fingerprint density at radius 1 is 1.65 bits per heavy atom. The molecule has 0 aliphatic heterocycles. The van der Waals surface area contributed by atoms with E-state index in [-0.39, 0.29) is 18.2 Å². The number of rotatable bonds is 6. The first-order valence-corrected chi connectivity index (χ1v) is 5.08. The van der Waals surface area contributed by atoms with Crippen LogP contribution in [0.4, 0.5) is 0 Å². The second kappa shape index (κ2) is 6.00. The van der Waals surface area contributed by atoms with Crippen LogP contribution in [0.2, 0.25) is 0 Å². The van der Waals surface area contributed by atoms with Crippen molar-refractivity contribution in [2.45, 2.75) is 25.9 Å². The molecule has 1 atom stereocenters. The minimum absolute atomic E-state index is 0.159. The second-order valence-electron chi connectivity index (χ2n) is 3.35. The van der Waals surface area contributed by atoms with E-state index < -0.39 is 12.0 Å². The molecule has 0 saturated carbocycles. The van der Waals surface area contributed by atoms with Gasteiger partial charge in [-0.25, -0.2) is 4.79 Å². The molecule has 1 rings (SSSR count). The van der Waals surface area contributed by atoms with Crippen LogP contribution in [0.25, 0.3) is 0 Å². The molecule has 1 unspecified atom stereocenters. The summed E-state index contributed by atoms with van der Waals surface area (Å²) < 4.78 is 9.38. The SMILES string of the molecule is CCC(NCc1cc(C(=O)O)no1)C(=O)OC. The molecule has 0 fully saturated rings. The van der Waals surface area contributed by atoms with Crippen molar-refractivity contribution in [2.75, 3.05) is 7.11 Å². The van der Waals surface area contributed by atoms with Crippen molar-refractivity contribution in [1.29, 1.82) is 0 Å². The molecular weight excluding hydrogens is 228 g/mol. The van der Waals surface area contributed by atoms with Crippen molar-refractivity contribution in [3.05, 3.63) is 17.5 Å². The largest absolute Gasteiger partial charge is 0.476 e. The number of methoxy groups -OCH3 is 1. The van der Waals surface area contributed by atoms with Crippen molar-refractivity contribution in [3.8, 4) is 0 Å². The monoisotopic (exact) mass is 242 g/mol. The summed E-state index contributed by atoms with van der Waals surface area (Å²) in [5, 5.41) is 14.9. The molecule has 0 aromatic carbocycles. The van der Waals surface area contributed by atoms with Crippen LogP contribution in [0.5, 0.6) is 0 Å². The number of carboxylic acids is 1. The molecule has 0 aliphatic rings. The number of aromatic carboxylic acids is 1. The minimum Gasteiger partial charge on any atom is -0.476 e. The van der Waals surface area contributed by atoms with Gasteiger partial charge in [-0.1, -0.05) is 12.1 Å². The first-order valence-electron chi connectivity index (χ1n) is 5.08. The maximum absolute atomic E-state index is 11.3. The Hall–Kier alpha value is -1.89. The molecule has 7 heteroatoms. The molecule has 0 bridgehead atoms. The number of aromatic nitrogens is 1. The Morgan fingerprint density at radius 2 is 2.35 bits per heavy atom. The van der Waals surface area contributed by atoms with E-state index in [0.717, 1.165) is 0 Å². The highest BCUT2D eigenvalue weighted by Crippen LogP contribution is 2.04. The Morgan fingerprint density at radius 3 is 2.82 bits per heavy atom. The zero-order valence-corrected chi connectivity index (χ0v) is 9.60. The number of carbonyl (C=O) groups excluding carboxylic acids is 1. The van der Waals surface area contributed by atoms with Gasteiger partial charge in [-0.15, -0.1) is 0 Å². The van der Waals surface area contributed by atoms with Gasteiger partial charge in [-0.3, -0.25) is 10.1 Å². The summed E-state index contributed by atoms with van der Waals surface area (Å²) in [6.07, 6.45) is 0.562. The van der Waals surface area contributed by atoms with Gasteiger partial charge in [0.2, 0.25) is 0 Å². The van der Waals surface area contributed by atoms with Gasteiger partial charge >= 0.3 is 11.9 Å². The third kappa shape index (κ3) is 3.56. The smallest absolute Gasteiger partial charge is 0.358 e. The van der Waals surface area contributed by atoms with Crippen LogP contribution >= 0.6 is 0 Å². The summed E-state index contributed by atoms with van der Waals surface area (Å²) in [7, 11) is 1.31. The lowest BCUT2D eigenvalue weighted by Gasteiger charge is -2.12. The molecule has 0 amide bonds. The molecule has 17 heavy (non-hydrogen) atoms. The highest BCUT2D eigenvalue weighted by atomic mass is 16.5. The van der Waals surface area contributed by atoms with Crippen LogP contribution < -0.4 is 5.32 Å². The Kier molecular flexibility index (Phi) is 4.65. The van der Waals surface area contributed by atoms with Crippen LogP contribution in [0, 0.1) is 0 Å². The average molecular weight is 242 g/mol. The van der Waals surface area contributed by atoms with E-state index in [4.69, 9.17) is 9.63 Å². The molecule has 7 nitrogen and oxygen atoms in total. The maximum atomic E-state index is 11.3. The van der Waals surface area contributed by atoms with E-state index in [1.165, 1.54) is 13.2 Å². The van der Waals surface area contributed by atoms with E-state index in [1.807, 2.05) is 6.92 Å². The average Bonchev–Trinajstić information content (AvgIpc) is 2.78. The zero-order valence-electron chi connectivity index (χ0n) is 9.60. The Bertz CT molecular complexity index is 401. The second-order valence-corrected chi connectivity index (χ2v) is 3.35. The summed E-state index contributed by atoms with van der Waals surface area (Å²) in [5.74, 6) is -1.17. The topological polar surface area (TPSA) is 102 Å². The zero-order chi connectivity index (χ0) is 12.8. The number of carboxylic acid groups (broad SMARTS) is 1. The highest BCUT2D eigenvalue weighted by Gasteiger charge is 2.17. The summed E-state index contributed by atoms with van der Waals surface area (Å²) in [6, 6.07) is 0.859. The van der Waals surface area contributed by atoms with Crippen molar-refractivity contribution >= 4 is 11.9 Å². The summed E-state index contributed by atoms with van der Waals surface area (Å²) >= 11 is 0. The lowest BCUT2D eigenvalue weighted by molar-refractivity contribution is -0.143. The number of nitrogens with zero attached hydrogens (tertiary/aromatic N) is 1. The number of carbonyl (C=O) groups is 2. The minimum atomic E-state index is -1.15. The van der Waals surface area contributed by atoms with Gasteiger partial charge in [0.25, 0.3) is 0 Å². The molecule has 0 radical (unpaired) electrons. The molecule has 0 aliphatic carbocycles. The Balaban J connectivity index is 2.53. The molecule has 1 aromatic rings. The van der Waals surface area contributed by atoms with Gasteiger partial charge in [-0.05, 0) is 6.42 Å². The van der Waals surface area contributed by atoms with Crippen LogP contribution in [0.1, 0.15) is 29.6 Å². The van der Waals surface area contributed by atoms with Crippen LogP contribution in [0.3, 0.4) is 0 Å². The molecule has 2 N–H and O–H groups in total. The predicted octanol–water partition coefficient (Wildman–Crippen LogP) is 0.414. The quantitative estimate of drug-likeness (QED) is 0.696. The summed E-state index contributed by atoms with van der Waals surface area (Å²) in [4.78, 5) is 21.8. The van der Waals surface area contributed by atoms with Gasteiger partial charge in [0.1, 0.15) is 6.04 Å². The summed E-state index contributed by atoms with van der Waals surface area (Å²) in [5.41, 5.74) is -0.159. The van der Waals surface area contributed by atoms with Gasteiger partial charge in [0.05, 0.1) is 13.7 Å².